The van der Waals surface area contributed by atoms with Crippen molar-refractivity contribution in [2.75, 3.05) is 46.5 Å². The first-order valence-corrected chi connectivity index (χ1v) is 8.26. The fourth-order valence-corrected chi connectivity index (χ4v) is 2.66. The number of benzene rings is 1. The number of rotatable bonds is 6. The zero-order valence-corrected chi connectivity index (χ0v) is 14.7. The number of methoxy groups -OCH3 is 1. The van der Waals surface area contributed by atoms with Crippen LogP contribution in [0.4, 0.5) is 0 Å². The lowest BCUT2D eigenvalue weighted by Gasteiger charge is -2.34. The molecule has 0 radical (unpaired) electrons. The van der Waals surface area contributed by atoms with E-state index in [1.54, 1.807) is 16.9 Å². The quantitative estimate of drug-likeness (QED) is 0.789. The predicted octanol–water partition coefficient (Wildman–Crippen LogP) is 1.39. The van der Waals surface area contributed by atoms with Gasteiger partial charge < -0.3 is 19.3 Å². The zero-order valence-electron chi connectivity index (χ0n) is 14.7. The summed E-state index contributed by atoms with van der Waals surface area (Å²) in [6, 6.07) is 5.82. The molecule has 1 fully saturated rings. The van der Waals surface area contributed by atoms with E-state index in [0.29, 0.717) is 39.2 Å². The maximum absolute atomic E-state index is 12.3. The molecule has 0 spiro atoms. The molecule has 1 saturated heterocycles. The van der Waals surface area contributed by atoms with E-state index in [4.69, 9.17) is 9.47 Å². The van der Waals surface area contributed by atoms with Gasteiger partial charge in [-0.3, -0.25) is 9.59 Å². The molecule has 1 aliphatic rings. The van der Waals surface area contributed by atoms with Crippen molar-refractivity contribution in [3.63, 3.8) is 0 Å². The number of piperazine rings is 1. The fraction of sp³-hybridized carbons (Fsp3) is 0.556. The van der Waals surface area contributed by atoms with Gasteiger partial charge in [-0.05, 0) is 31.0 Å². The van der Waals surface area contributed by atoms with Crippen LogP contribution >= 0.6 is 0 Å². The number of carbonyl (C=O) groups excluding carboxylic acids is 2. The van der Waals surface area contributed by atoms with Crippen LogP contribution in [0.15, 0.2) is 18.2 Å². The van der Waals surface area contributed by atoms with Crippen LogP contribution < -0.4 is 4.74 Å². The van der Waals surface area contributed by atoms with Crippen LogP contribution in [-0.4, -0.2) is 68.1 Å². The third-order valence-corrected chi connectivity index (χ3v) is 4.41. The molecular formula is C18H26N2O4. The molecule has 0 unspecified atom stereocenters. The topological polar surface area (TPSA) is 59.1 Å². The van der Waals surface area contributed by atoms with Gasteiger partial charge in [-0.15, -0.1) is 0 Å². The lowest BCUT2D eigenvalue weighted by molar-refractivity contribution is -0.141. The third kappa shape index (κ3) is 4.71. The Labute approximate surface area is 143 Å². The number of nitrogens with zero attached hydrogens (tertiary/aromatic N) is 2. The van der Waals surface area contributed by atoms with Gasteiger partial charge in [0, 0.05) is 33.3 Å². The average molecular weight is 334 g/mol. The van der Waals surface area contributed by atoms with E-state index >= 15 is 0 Å². The van der Waals surface area contributed by atoms with Gasteiger partial charge in [0.2, 0.25) is 5.91 Å². The first-order chi connectivity index (χ1) is 11.5. The Balaban J connectivity index is 1.78. The van der Waals surface area contributed by atoms with Crippen molar-refractivity contribution in [1.82, 2.24) is 9.80 Å². The van der Waals surface area contributed by atoms with E-state index in [2.05, 4.69) is 0 Å². The molecule has 1 heterocycles. The highest BCUT2D eigenvalue weighted by atomic mass is 16.5. The zero-order chi connectivity index (χ0) is 17.5. The summed E-state index contributed by atoms with van der Waals surface area (Å²) in [6.07, 6.45) is 0.389. The summed E-state index contributed by atoms with van der Waals surface area (Å²) in [5.74, 6) is 0.784. The molecule has 0 aliphatic carbocycles. The second-order valence-electron chi connectivity index (χ2n) is 5.99. The van der Waals surface area contributed by atoms with Crippen molar-refractivity contribution in [3.05, 3.63) is 29.3 Å². The molecule has 2 amide bonds. The van der Waals surface area contributed by atoms with Gasteiger partial charge >= 0.3 is 0 Å². The summed E-state index contributed by atoms with van der Waals surface area (Å²) in [4.78, 5) is 27.8. The van der Waals surface area contributed by atoms with Gasteiger partial charge in [0.15, 0.2) is 6.61 Å². The SMILES string of the molecule is COCCC(=O)N1CCN(C(=O)COc2cccc(C)c2C)CC1. The number of carbonyl (C=O) groups is 2. The van der Waals surface area contributed by atoms with Crippen molar-refractivity contribution < 1.29 is 19.1 Å². The average Bonchev–Trinajstić information content (AvgIpc) is 2.60. The van der Waals surface area contributed by atoms with Gasteiger partial charge in [0.05, 0.1) is 13.0 Å². The Bertz CT molecular complexity index is 580. The molecular weight excluding hydrogens is 308 g/mol. The molecule has 24 heavy (non-hydrogen) atoms. The van der Waals surface area contributed by atoms with Gasteiger partial charge in [-0.25, -0.2) is 0 Å². The molecule has 6 heteroatoms. The van der Waals surface area contributed by atoms with Crippen LogP contribution in [0.2, 0.25) is 0 Å². The Morgan fingerprint density at radius 2 is 1.67 bits per heavy atom. The minimum absolute atomic E-state index is 0.0297. The van der Waals surface area contributed by atoms with Crippen LogP contribution in [0.3, 0.4) is 0 Å². The number of aryl methyl sites for hydroxylation is 1. The molecule has 0 N–H and O–H groups in total. The maximum Gasteiger partial charge on any atom is 0.260 e. The molecule has 1 aliphatic heterocycles. The van der Waals surface area contributed by atoms with Crippen LogP contribution in [-0.2, 0) is 14.3 Å². The summed E-state index contributed by atoms with van der Waals surface area (Å²) in [6.45, 7) is 6.70. The van der Waals surface area contributed by atoms with Gasteiger partial charge in [0.25, 0.3) is 5.91 Å². The Morgan fingerprint density at radius 1 is 1.04 bits per heavy atom. The number of hydrogen-bond donors (Lipinski definition) is 0. The minimum Gasteiger partial charge on any atom is -0.483 e. The van der Waals surface area contributed by atoms with E-state index in [-0.39, 0.29) is 18.4 Å². The van der Waals surface area contributed by atoms with E-state index in [0.717, 1.165) is 16.9 Å². The second-order valence-corrected chi connectivity index (χ2v) is 5.99. The predicted molar refractivity (Wildman–Crippen MR) is 91.1 cm³/mol. The Kier molecular flexibility index (Phi) is 6.61. The summed E-state index contributed by atoms with van der Waals surface area (Å²) in [5.41, 5.74) is 2.20. The van der Waals surface area contributed by atoms with Crippen LogP contribution in [0.1, 0.15) is 17.5 Å². The van der Waals surface area contributed by atoms with Crippen molar-refractivity contribution in [1.29, 1.82) is 0 Å². The highest BCUT2D eigenvalue weighted by Gasteiger charge is 2.24. The second kappa shape index (κ2) is 8.68. The Hall–Kier alpha value is -2.08. The molecule has 0 bridgehead atoms. The third-order valence-electron chi connectivity index (χ3n) is 4.41. The van der Waals surface area contributed by atoms with E-state index in [9.17, 15) is 9.59 Å². The molecule has 2 rings (SSSR count). The highest BCUT2D eigenvalue weighted by Crippen LogP contribution is 2.20. The van der Waals surface area contributed by atoms with Crippen LogP contribution in [0, 0.1) is 13.8 Å². The maximum atomic E-state index is 12.3. The number of ether oxygens (including phenoxy) is 2. The first kappa shape index (κ1) is 18.3. The summed E-state index contributed by atoms with van der Waals surface area (Å²) in [5, 5.41) is 0. The van der Waals surface area contributed by atoms with E-state index in [1.165, 1.54) is 0 Å². The molecule has 0 saturated carbocycles. The van der Waals surface area contributed by atoms with E-state index < -0.39 is 0 Å². The van der Waals surface area contributed by atoms with Gasteiger partial charge in [0.1, 0.15) is 5.75 Å². The molecule has 0 atom stereocenters. The lowest BCUT2D eigenvalue weighted by atomic mass is 10.1. The molecule has 0 aromatic heterocycles. The Morgan fingerprint density at radius 3 is 2.29 bits per heavy atom. The smallest absolute Gasteiger partial charge is 0.260 e. The first-order valence-electron chi connectivity index (χ1n) is 8.26. The molecule has 132 valence electrons. The largest absolute Gasteiger partial charge is 0.483 e. The standard InChI is InChI=1S/C18H26N2O4/c1-14-5-4-6-16(15(14)2)24-13-18(22)20-10-8-19(9-11-20)17(21)7-12-23-3/h4-6H,7-13H2,1-3H3. The van der Waals surface area contributed by atoms with Crippen LogP contribution in [0.5, 0.6) is 5.75 Å². The monoisotopic (exact) mass is 334 g/mol. The molecule has 6 nitrogen and oxygen atoms in total. The number of hydrogen-bond acceptors (Lipinski definition) is 4. The van der Waals surface area contributed by atoms with Crippen molar-refractivity contribution in [2.24, 2.45) is 0 Å². The van der Waals surface area contributed by atoms with Crippen molar-refractivity contribution >= 4 is 11.8 Å². The highest BCUT2D eigenvalue weighted by molar-refractivity contribution is 5.79. The van der Waals surface area contributed by atoms with Crippen molar-refractivity contribution in [2.45, 2.75) is 20.3 Å². The fourth-order valence-electron chi connectivity index (χ4n) is 2.66. The summed E-state index contributed by atoms with van der Waals surface area (Å²) in [7, 11) is 1.58. The minimum atomic E-state index is -0.0418. The molecule has 1 aromatic rings. The number of amides is 2. The summed E-state index contributed by atoms with van der Waals surface area (Å²) >= 11 is 0. The van der Waals surface area contributed by atoms with Crippen molar-refractivity contribution in [3.8, 4) is 5.75 Å². The van der Waals surface area contributed by atoms with E-state index in [1.807, 2.05) is 32.0 Å². The molecule has 1 aromatic carbocycles. The summed E-state index contributed by atoms with van der Waals surface area (Å²) < 4.78 is 10.6. The van der Waals surface area contributed by atoms with Gasteiger partial charge in [-0.1, -0.05) is 12.1 Å². The van der Waals surface area contributed by atoms with Crippen LogP contribution in [0.25, 0.3) is 0 Å². The van der Waals surface area contributed by atoms with Gasteiger partial charge in [-0.2, -0.15) is 0 Å². The lowest BCUT2D eigenvalue weighted by Crippen LogP contribution is -2.51. The normalized spacial score (nSPS) is 14.6.